The van der Waals surface area contributed by atoms with E-state index in [9.17, 15) is 0 Å². The molecule has 0 amide bonds. The van der Waals surface area contributed by atoms with Gasteiger partial charge in [-0.3, -0.25) is 4.99 Å². The topological polar surface area (TPSA) is 58.1 Å². The fraction of sp³-hybridized carbons (Fsp3) is 0.350. The standard InChI is InChI=1S/C20H28N4O2/c1-21-20(23-17-10-11-18(25-4)19(12-17)26-5)22-13-15-8-6-7-9-16(15)14-24(2)3/h6-12H,13-14H2,1-5H3,(H2,21,22,23). The van der Waals surface area contributed by atoms with Crippen LogP contribution in [-0.4, -0.2) is 46.2 Å². The number of guanidine groups is 1. The molecule has 0 saturated carbocycles. The first kappa shape index (κ1) is 19.6. The molecule has 0 aromatic heterocycles. The van der Waals surface area contributed by atoms with Crippen LogP contribution in [0.3, 0.4) is 0 Å². The summed E-state index contributed by atoms with van der Waals surface area (Å²) in [6.45, 7) is 1.59. The van der Waals surface area contributed by atoms with Gasteiger partial charge in [0.25, 0.3) is 0 Å². The molecule has 6 nitrogen and oxygen atoms in total. The molecule has 140 valence electrons. The molecule has 0 atom stereocenters. The van der Waals surface area contributed by atoms with E-state index in [4.69, 9.17) is 9.47 Å². The molecule has 0 heterocycles. The maximum absolute atomic E-state index is 5.34. The first-order valence-corrected chi connectivity index (χ1v) is 8.48. The third-order valence-corrected chi connectivity index (χ3v) is 3.92. The molecule has 26 heavy (non-hydrogen) atoms. The Morgan fingerprint density at radius 3 is 2.31 bits per heavy atom. The number of rotatable bonds is 7. The van der Waals surface area contributed by atoms with Gasteiger partial charge in [0, 0.05) is 31.9 Å². The van der Waals surface area contributed by atoms with Gasteiger partial charge in [0.15, 0.2) is 17.5 Å². The second-order valence-electron chi connectivity index (χ2n) is 6.13. The maximum Gasteiger partial charge on any atom is 0.195 e. The van der Waals surface area contributed by atoms with E-state index in [1.54, 1.807) is 21.3 Å². The zero-order valence-corrected chi connectivity index (χ0v) is 16.2. The van der Waals surface area contributed by atoms with Crippen molar-refractivity contribution in [2.24, 2.45) is 4.99 Å². The van der Waals surface area contributed by atoms with E-state index in [0.717, 1.165) is 12.2 Å². The van der Waals surface area contributed by atoms with Gasteiger partial charge in [0.1, 0.15) is 0 Å². The van der Waals surface area contributed by atoms with Gasteiger partial charge in [-0.05, 0) is 37.4 Å². The molecule has 0 aliphatic rings. The van der Waals surface area contributed by atoms with Gasteiger partial charge in [-0.2, -0.15) is 0 Å². The minimum absolute atomic E-state index is 0.671. The van der Waals surface area contributed by atoms with Crippen molar-refractivity contribution in [2.45, 2.75) is 13.1 Å². The molecule has 2 aromatic carbocycles. The van der Waals surface area contributed by atoms with Crippen molar-refractivity contribution in [3.05, 3.63) is 53.6 Å². The summed E-state index contributed by atoms with van der Waals surface area (Å²) in [5.41, 5.74) is 3.42. The van der Waals surface area contributed by atoms with Crippen LogP contribution in [0.2, 0.25) is 0 Å². The zero-order chi connectivity index (χ0) is 18.9. The van der Waals surface area contributed by atoms with Crippen LogP contribution < -0.4 is 20.1 Å². The first-order chi connectivity index (χ1) is 12.6. The second-order valence-corrected chi connectivity index (χ2v) is 6.13. The quantitative estimate of drug-likeness (QED) is 0.590. The maximum atomic E-state index is 5.34. The van der Waals surface area contributed by atoms with E-state index >= 15 is 0 Å². The summed E-state index contributed by atoms with van der Waals surface area (Å²) in [5, 5.41) is 6.64. The highest BCUT2D eigenvalue weighted by Crippen LogP contribution is 2.29. The number of ether oxygens (including phenoxy) is 2. The number of methoxy groups -OCH3 is 2. The number of hydrogen-bond donors (Lipinski definition) is 2. The SMILES string of the molecule is CN=C(NCc1ccccc1CN(C)C)Nc1ccc(OC)c(OC)c1. The smallest absolute Gasteiger partial charge is 0.195 e. The highest BCUT2D eigenvalue weighted by molar-refractivity contribution is 5.93. The lowest BCUT2D eigenvalue weighted by Gasteiger charge is -2.17. The molecule has 0 fully saturated rings. The highest BCUT2D eigenvalue weighted by atomic mass is 16.5. The molecule has 0 saturated heterocycles. The molecule has 2 N–H and O–H groups in total. The summed E-state index contributed by atoms with van der Waals surface area (Å²) in [4.78, 5) is 6.46. The van der Waals surface area contributed by atoms with Crippen molar-refractivity contribution in [3.8, 4) is 11.5 Å². The van der Waals surface area contributed by atoms with Gasteiger partial charge in [0.05, 0.1) is 14.2 Å². The fourth-order valence-corrected chi connectivity index (χ4v) is 2.63. The van der Waals surface area contributed by atoms with E-state index in [1.807, 2.05) is 18.2 Å². The van der Waals surface area contributed by atoms with Crippen molar-refractivity contribution in [1.29, 1.82) is 0 Å². The van der Waals surface area contributed by atoms with Crippen LogP contribution in [0, 0.1) is 0 Å². The third-order valence-electron chi connectivity index (χ3n) is 3.92. The van der Waals surface area contributed by atoms with Crippen LogP contribution in [0.4, 0.5) is 5.69 Å². The Hall–Kier alpha value is -2.73. The molecular weight excluding hydrogens is 328 g/mol. The van der Waals surface area contributed by atoms with Crippen molar-refractivity contribution in [1.82, 2.24) is 10.2 Å². The largest absolute Gasteiger partial charge is 0.493 e. The minimum Gasteiger partial charge on any atom is -0.493 e. The first-order valence-electron chi connectivity index (χ1n) is 8.48. The van der Waals surface area contributed by atoms with Gasteiger partial charge in [-0.1, -0.05) is 24.3 Å². The third kappa shape index (κ3) is 5.39. The summed E-state index contributed by atoms with van der Waals surface area (Å²) in [5.74, 6) is 2.06. The van der Waals surface area contributed by atoms with Crippen LogP contribution in [0.15, 0.2) is 47.5 Å². The Balaban J connectivity index is 2.05. The highest BCUT2D eigenvalue weighted by Gasteiger charge is 2.07. The van der Waals surface area contributed by atoms with Crippen LogP contribution in [0.1, 0.15) is 11.1 Å². The van der Waals surface area contributed by atoms with Gasteiger partial charge in [-0.25, -0.2) is 0 Å². The summed E-state index contributed by atoms with van der Waals surface area (Å²) >= 11 is 0. The number of benzene rings is 2. The van der Waals surface area contributed by atoms with Crippen molar-refractivity contribution < 1.29 is 9.47 Å². The number of nitrogens with one attached hydrogen (secondary N) is 2. The van der Waals surface area contributed by atoms with Crippen LogP contribution in [-0.2, 0) is 13.1 Å². The van der Waals surface area contributed by atoms with Crippen molar-refractivity contribution in [2.75, 3.05) is 40.7 Å². The molecule has 2 aromatic rings. The van der Waals surface area contributed by atoms with Gasteiger partial charge < -0.3 is 25.0 Å². The summed E-state index contributed by atoms with van der Waals surface area (Å²) in [6.07, 6.45) is 0. The van der Waals surface area contributed by atoms with E-state index in [2.05, 4.69) is 58.9 Å². The zero-order valence-electron chi connectivity index (χ0n) is 16.2. The fourth-order valence-electron chi connectivity index (χ4n) is 2.63. The number of hydrogen-bond acceptors (Lipinski definition) is 4. The van der Waals surface area contributed by atoms with E-state index in [1.165, 1.54) is 11.1 Å². The van der Waals surface area contributed by atoms with Crippen molar-refractivity contribution >= 4 is 11.6 Å². The molecule has 0 aliphatic carbocycles. The Labute approximate surface area is 155 Å². The Kier molecular flexibility index (Phi) is 7.29. The molecular formula is C20H28N4O2. The number of aliphatic imine (C=N–C) groups is 1. The molecule has 0 aliphatic heterocycles. The lowest BCUT2D eigenvalue weighted by Crippen LogP contribution is -2.30. The molecule has 0 spiro atoms. The average molecular weight is 356 g/mol. The summed E-state index contributed by atoms with van der Waals surface area (Å²) < 4.78 is 10.6. The summed E-state index contributed by atoms with van der Waals surface area (Å²) in [6, 6.07) is 14.1. The van der Waals surface area contributed by atoms with E-state index < -0.39 is 0 Å². The predicted molar refractivity (Wildman–Crippen MR) is 107 cm³/mol. The van der Waals surface area contributed by atoms with Gasteiger partial charge >= 0.3 is 0 Å². The number of nitrogens with zero attached hydrogens (tertiary/aromatic N) is 2. The Morgan fingerprint density at radius 1 is 1.00 bits per heavy atom. The molecule has 0 bridgehead atoms. The molecule has 0 radical (unpaired) electrons. The van der Waals surface area contributed by atoms with Gasteiger partial charge in [0.2, 0.25) is 0 Å². The number of anilines is 1. The molecule has 2 rings (SSSR count). The Bertz CT molecular complexity index is 744. The van der Waals surface area contributed by atoms with Crippen LogP contribution in [0.25, 0.3) is 0 Å². The van der Waals surface area contributed by atoms with E-state index in [0.29, 0.717) is 24.0 Å². The van der Waals surface area contributed by atoms with Crippen LogP contribution in [0.5, 0.6) is 11.5 Å². The lowest BCUT2D eigenvalue weighted by atomic mass is 10.1. The van der Waals surface area contributed by atoms with E-state index in [-0.39, 0.29) is 0 Å². The monoisotopic (exact) mass is 356 g/mol. The van der Waals surface area contributed by atoms with Gasteiger partial charge in [-0.15, -0.1) is 0 Å². The Morgan fingerprint density at radius 2 is 1.69 bits per heavy atom. The molecule has 0 unspecified atom stereocenters. The second kappa shape index (κ2) is 9.68. The average Bonchev–Trinajstić information content (AvgIpc) is 2.65. The molecule has 6 heteroatoms. The summed E-state index contributed by atoms with van der Waals surface area (Å²) in [7, 11) is 9.14. The van der Waals surface area contributed by atoms with Crippen LogP contribution >= 0.6 is 0 Å². The minimum atomic E-state index is 0.671. The normalized spacial score (nSPS) is 11.4. The predicted octanol–water partition coefficient (Wildman–Crippen LogP) is 2.95. The lowest BCUT2D eigenvalue weighted by molar-refractivity contribution is 0.355. The van der Waals surface area contributed by atoms with Crippen molar-refractivity contribution in [3.63, 3.8) is 0 Å².